The number of methoxy groups -OCH3 is 1. The van der Waals surface area contributed by atoms with E-state index >= 15 is 0 Å². The Kier molecular flexibility index (Phi) is 6.48. The lowest BCUT2D eigenvalue weighted by Crippen LogP contribution is -2.29. The van der Waals surface area contributed by atoms with Gasteiger partial charge in [-0.15, -0.1) is 11.6 Å². The van der Waals surface area contributed by atoms with Crippen molar-refractivity contribution in [1.29, 1.82) is 5.26 Å². The molecule has 3 nitrogen and oxygen atoms in total. The van der Waals surface area contributed by atoms with E-state index in [1.54, 1.807) is 13.2 Å². The molecule has 0 aromatic heterocycles. The van der Waals surface area contributed by atoms with Gasteiger partial charge in [-0.2, -0.15) is 5.26 Å². The van der Waals surface area contributed by atoms with Gasteiger partial charge in [-0.25, -0.2) is 4.39 Å². The Balaban J connectivity index is 2.96. The first kappa shape index (κ1) is 14.7. The second-order valence-corrected chi connectivity index (χ2v) is 4.03. The van der Waals surface area contributed by atoms with Crippen LogP contribution in [-0.4, -0.2) is 26.8 Å². The Labute approximate surface area is 112 Å². The van der Waals surface area contributed by atoms with Crippen LogP contribution < -0.4 is 4.90 Å². The summed E-state index contributed by atoms with van der Waals surface area (Å²) in [6.07, 6.45) is 0.377. The van der Waals surface area contributed by atoms with Crippen LogP contribution in [0.4, 0.5) is 10.1 Å². The molecule has 0 fully saturated rings. The predicted octanol–water partition coefficient (Wildman–Crippen LogP) is 2.93. The first-order chi connectivity index (χ1) is 8.74. The van der Waals surface area contributed by atoms with Crippen LogP contribution in [0.2, 0.25) is 0 Å². The Hall–Kier alpha value is -1.31. The molecule has 0 N–H and O–H groups in total. The van der Waals surface area contributed by atoms with Gasteiger partial charge in [-0.3, -0.25) is 0 Å². The summed E-state index contributed by atoms with van der Waals surface area (Å²) in [5, 5.41) is 8.66. The minimum absolute atomic E-state index is 0.109. The van der Waals surface area contributed by atoms with Crippen molar-refractivity contribution in [2.24, 2.45) is 0 Å². The first-order valence-electron chi connectivity index (χ1n) is 5.68. The maximum absolute atomic E-state index is 13.6. The van der Waals surface area contributed by atoms with Crippen molar-refractivity contribution in [3.05, 3.63) is 29.6 Å². The molecule has 0 saturated carbocycles. The number of halogens is 2. The normalized spacial score (nSPS) is 10.1. The Morgan fingerprint density at radius 2 is 2.22 bits per heavy atom. The topological polar surface area (TPSA) is 36.3 Å². The summed E-state index contributed by atoms with van der Waals surface area (Å²) in [6.45, 7) is 1.66. The van der Waals surface area contributed by atoms with Crippen molar-refractivity contribution in [2.75, 3.05) is 31.7 Å². The third-order valence-electron chi connectivity index (χ3n) is 2.63. The summed E-state index contributed by atoms with van der Waals surface area (Å²) in [7, 11) is 1.61. The molecule has 0 aliphatic rings. The summed E-state index contributed by atoms with van der Waals surface area (Å²) < 4.78 is 18.7. The van der Waals surface area contributed by atoms with Crippen LogP contribution in [0.1, 0.15) is 12.0 Å². The number of nitriles is 1. The minimum Gasteiger partial charge on any atom is -0.383 e. The van der Waals surface area contributed by atoms with Crippen LogP contribution in [0.25, 0.3) is 0 Å². The molecule has 0 aliphatic carbocycles. The van der Waals surface area contributed by atoms with E-state index in [1.807, 2.05) is 11.0 Å². The van der Waals surface area contributed by atoms with Gasteiger partial charge in [0.15, 0.2) is 0 Å². The lowest BCUT2D eigenvalue weighted by atomic mass is 10.1. The van der Waals surface area contributed by atoms with Crippen LogP contribution in [0.3, 0.4) is 0 Å². The van der Waals surface area contributed by atoms with Crippen LogP contribution >= 0.6 is 11.6 Å². The zero-order valence-electron chi connectivity index (χ0n) is 10.3. The molecule has 0 spiro atoms. The van der Waals surface area contributed by atoms with Crippen molar-refractivity contribution in [3.8, 4) is 6.07 Å². The molecule has 98 valence electrons. The second kappa shape index (κ2) is 7.91. The van der Waals surface area contributed by atoms with E-state index < -0.39 is 0 Å². The van der Waals surface area contributed by atoms with Gasteiger partial charge in [-0.05, 0) is 12.1 Å². The Bertz CT molecular complexity index is 420. The molecule has 0 bridgehead atoms. The highest BCUT2D eigenvalue weighted by atomic mass is 35.5. The van der Waals surface area contributed by atoms with Gasteiger partial charge in [0, 0.05) is 31.5 Å². The van der Waals surface area contributed by atoms with Crippen LogP contribution in [0.5, 0.6) is 0 Å². The highest BCUT2D eigenvalue weighted by molar-refractivity contribution is 6.17. The molecule has 0 radical (unpaired) electrons. The number of alkyl halides is 1. The maximum Gasteiger partial charge on any atom is 0.129 e. The van der Waals surface area contributed by atoms with Crippen LogP contribution in [-0.2, 0) is 10.6 Å². The van der Waals surface area contributed by atoms with E-state index in [0.29, 0.717) is 31.7 Å². The van der Waals surface area contributed by atoms with Crippen molar-refractivity contribution in [3.63, 3.8) is 0 Å². The third-order valence-corrected chi connectivity index (χ3v) is 2.89. The molecule has 0 saturated heterocycles. The van der Waals surface area contributed by atoms with Crippen LogP contribution in [0.15, 0.2) is 18.2 Å². The van der Waals surface area contributed by atoms with Crippen molar-refractivity contribution < 1.29 is 9.13 Å². The zero-order chi connectivity index (χ0) is 13.4. The largest absolute Gasteiger partial charge is 0.383 e. The summed E-state index contributed by atoms with van der Waals surface area (Å²) in [4.78, 5) is 1.92. The van der Waals surface area contributed by atoms with Gasteiger partial charge < -0.3 is 9.64 Å². The van der Waals surface area contributed by atoms with Crippen LogP contribution in [0, 0.1) is 17.1 Å². The van der Waals surface area contributed by atoms with E-state index in [0.717, 1.165) is 5.69 Å². The fraction of sp³-hybridized carbons (Fsp3) is 0.462. The molecule has 0 amide bonds. The predicted molar refractivity (Wildman–Crippen MR) is 70.3 cm³/mol. The summed E-state index contributed by atoms with van der Waals surface area (Å²) >= 11 is 5.79. The van der Waals surface area contributed by atoms with Crippen molar-refractivity contribution in [2.45, 2.75) is 12.3 Å². The number of rotatable bonds is 7. The highest BCUT2D eigenvalue weighted by Gasteiger charge is 2.13. The smallest absolute Gasteiger partial charge is 0.129 e. The number of anilines is 1. The molecule has 18 heavy (non-hydrogen) atoms. The fourth-order valence-electron chi connectivity index (χ4n) is 1.71. The molecule has 0 unspecified atom stereocenters. The van der Waals surface area contributed by atoms with Gasteiger partial charge in [0.1, 0.15) is 5.82 Å². The van der Waals surface area contributed by atoms with Gasteiger partial charge in [0.2, 0.25) is 0 Å². The minimum atomic E-state index is -0.318. The van der Waals surface area contributed by atoms with Gasteiger partial charge >= 0.3 is 0 Å². The SMILES string of the molecule is COCCN(CCC#N)c1cccc(F)c1CCl. The number of hydrogen-bond acceptors (Lipinski definition) is 3. The Morgan fingerprint density at radius 1 is 1.44 bits per heavy atom. The van der Waals surface area contributed by atoms with Crippen molar-refractivity contribution >= 4 is 17.3 Å². The number of hydrogen-bond donors (Lipinski definition) is 0. The quantitative estimate of drug-likeness (QED) is 0.715. The lowest BCUT2D eigenvalue weighted by molar-refractivity contribution is 0.205. The molecular formula is C13H16ClFN2O. The van der Waals surface area contributed by atoms with E-state index in [1.165, 1.54) is 6.07 Å². The molecular weight excluding hydrogens is 255 g/mol. The van der Waals surface area contributed by atoms with Gasteiger partial charge in [-0.1, -0.05) is 6.07 Å². The summed E-state index contributed by atoms with van der Waals surface area (Å²) in [6, 6.07) is 6.94. The van der Waals surface area contributed by atoms with E-state index in [-0.39, 0.29) is 11.7 Å². The summed E-state index contributed by atoms with van der Waals surface area (Å²) in [5.74, 6) is -0.209. The van der Waals surface area contributed by atoms with E-state index in [2.05, 4.69) is 6.07 Å². The number of nitrogens with zero attached hydrogens (tertiary/aromatic N) is 2. The van der Waals surface area contributed by atoms with Crippen molar-refractivity contribution in [1.82, 2.24) is 0 Å². The van der Waals surface area contributed by atoms with Gasteiger partial charge in [0.05, 0.1) is 25.0 Å². The fourth-order valence-corrected chi connectivity index (χ4v) is 1.98. The zero-order valence-corrected chi connectivity index (χ0v) is 11.1. The van der Waals surface area contributed by atoms with Gasteiger partial charge in [0.25, 0.3) is 0 Å². The third kappa shape index (κ3) is 3.86. The molecule has 1 aromatic carbocycles. The molecule has 0 heterocycles. The first-order valence-corrected chi connectivity index (χ1v) is 6.22. The number of ether oxygens (including phenoxy) is 1. The molecule has 1 rings (SSSR count). The molecule has 0 atom stereocenters. The Morgan fingerprint density at radius 3 is 2.83 bits per heavy atom. The maximum atomic E-state index is 13.6. The number of benzene rings is 1. The molecule has 0 aliphatic heterocycles. The molecule has 5 heteroatoms. The lowest BCUT2D eigenvalue weighted by Gasteiger charge is -2.25. The monoisotopic (exact) mass is 270 g/mol. The van der Waals surface area contributed by atoms with E-state index in [4.69, 9.17) is 21.6 Å². The summed E-state index contributed by atoms with van der Waals surface area (Å²) in [5.41, 5.74) is 1.20. The van der Waals surface area contributed by atoms with E-state index in [9.17, 15) is 4.39 Å². The molecule has 1 aromatic rings. The average Bonchev–Trinajstić information content (AvgIpc) is 2.39. The standard InChI is InChI=1S/C13H16ClFN2O/c1-18-9-8-17(7-3-6-16)13-5-2-4-12(15)11(13)10-14/h2,4-5H,3,7-10H2,1H3. The highest BCUT2D eigenvalue weighted by Crippen LogP contribution is 2.25. The second-order valence-electron chi connectivity index (χ2n) is 3.76. The average molecular weight is 271 g/mol.